The van der Waals surface area contributed by atoms with Gasteiger partial charge in [0.1, 0.15) is 5.78 Å². The lowest BCUT2D eigenvalue weighted by Crippen LogP contribution is -2.12. The first-order chi connectivity index (χ1) is 9.72. The van der Waals surface area contributed by atoms with Crippen LogP contribution >= 0.6 is 11.3 Å². The summed E-state index contributed by atoms with van der Waals surface area (Å²) in [6.07, 6.45) is 9.35. The van der Waals surface area contributed by atoms with E-state index in [0.29, 0.717) is 18.8 Å². The van der Waals surface area contributed by atoms with Gasteiger partial charge in [-0.25, -0.2) is 4.98 Å². The quantitative estimate of drug-likeness (QED) is 0.773. The van der Waals surface area contributed by atoms with Crippen LogP contribution in [0.15, 0.2) is 17.8 Å². The molecule has 2 heterocycles. The van der Waals surface area contributed by atoms with E-state index in [9.17, 15) is 4.79 Å². The molecule has 0 aromatic carbocycles. The number of carbonyl (C=O) groups is 1. The molecule has 2 aromatic heterocycles. The highest BCUT2D eigenvalue weighted by atomic mass is 32.1. The minimum absolute atomic E-state index is 0.286. The first kappa shape index (κ1) is 15.2. The highest BCUT2D eigenvalue weighted by molar-refractivity contribution is 7.15. The first-order valence-corrected chi connectivity index (χ1v) is 8.23. The Hall–Kier alpha value is -1.20. The van der Waals surface area contributed by atoms with Crippen LogP contribution in [0.5, 0.6) is 0 Å². The lowest BCUT2D eigenvalue weighted by Gasteiger charge is -2.13. The van der Waals surface area contributed by atoms with Crippen LogP contribution in [0, 0.1) is 5.92 Å². The third-order valence-corrected chi connectivity index (χ3v) is 4.40. The SMILES string of the molecule is CCCC(CCN)CCC(=O)Cc1cn2ccsc2n1. The van der Waals surface area contributed by atoms with Crippen LogP contribution in [0.25, 0.3) is 4.96 Å². The van der Waals surface area contributed by atoms with Crippen molar-refractivity contribution in [2.45, 2.75) is 45.4 Å². The van der Waals surface area contributed by atoms with Crippen molar-refractivity contribution in [2.75, 3.05) is 6.54 Å². The molecule has 1 unspecified atom stereocenters. The van der Waals surface area contributed by atoms with E-state index >= 15 is 0 Å². The monoisotopic (exact) mass is 293 g/mol. The van der Waals surface area contributed by atoms with Crippen molar-refractivity contribution >= 4 is 22.1 Å². The van der Waals surface area contributed by atoms with E-state index in [-0.39, 0.29) is 5.78 Å². The minimum Gasteiger partial charge on any atom is -0.330 e. The van der Waals surface area contributed by atoms with Crippen LogP contribution < -0.4 is 5.73 Å². The van der Waals surface area contributed by atoms with Crippen LogP contribution in [0.1, 0.15) is 44.7 Å². The largest absolute Gasteiger partial charge is 0.330 e. The van der Waals surface area contributed by atoms with Gasteiger partial charge in [0.25, 0.3) is 0 Å². The molecule has 0 spiro atoms. The van der Waals surface area contributed by atoms with Crippen molar-refractivity contribution in [3.8, 4) is 0 Å². The van der Waals surface area contributed by atoms with E-state index in [1.54, 1.807) is 11.3 Å². The maximum Gasteiger partial charge on any atom is 0.193 e. The average molecular weight is 293 g/mol. The topological polar surface area (TPSA) is 60.4 Å². The van der Waals surface area contributed by atoms with Crippen molar-refractivity contribution in [2.24, 2.45) is 11.7 Å². The fourth-order valence-corrected chi connectivity index (χ4v) is 3.31. The molecule has 5 heteroatoms. The van der Waals surface area contributed by atoms with E-state index in [4.69, 9.17) is 5.73 Å². The summed E-state index contributed by atoms with van der Waals surface area (Å²) in [6.45, 7) is 2.90. The summed E-state index contributed by atoms with van der Waals surface area (Å²) < 4.78 is 1.97. The van der Waals surface area contributed by atoms with Crippen molar-refractivity contribution in [3.05, 3.63) is 23.5 Å². The van der Waals surface area contributed by atoms with Gasteiger partial charge in [0.15, 0.2) is 4.96 Å². The lowest BCUT2D eigenvalue weighted by atomic mass is 9.93. The number of nitrogens with two attached hydrogens (primary N) is 1. The van der Waals surface area contributed by atoms with Crippen LogP contribution in [0.4, 0.5) is 0 Å². The maximum atomic E-state index is 12.0. The first-order valence-electron chi connectivity index (χ1n) is 7.35. The van der Waals surface area contributed by atoms with Gasteiger partial charge in [-0.05, 0) is 25.3 Å². The predicted octanol–water partition coefficient (Wildman–Crippen LogP) is 3.05. The number of hydrogen-bond donors (Lipinski definition) is 1. The number of rotatable bonds is 9. The molecule has 0 radical (unpaired) electrons. The number of fused-ring (bicyclic) bond motifs is 1. The number of imidazole rings is 1. The maximum absolute atomic E-state index is 12.0. The Morgan fingerprint density at radius 2 is 2.30 bits per heavy atom. The second kappa shape index (κ2) is 7.55. The Kier molecular flexibility index (Phi) is 5.73. The van der Waals surface area contributed by atoms with E-state index in [0.717, 1.165) is 36.5 Å². The summed E-state index contributed by atoms with van der Waals surface area (Å²) in [5.41, 5.74) is 6.51. The molecule has 0 aliphatic rings. The molecule has 0 saturated heterocycles. The van der Waals surface area contributed by atoms with Crippen molar-refractivity contribution < 1.29 is 4.79 Å². The van der Waals surface area contributed by atoms with Gasteiger partial charge in [-0.2, -0.15) is 0 Å². The Labute approximate surface area is 124 Å². The number of ketones is 1. The number of aromatic nitrogens is 2. The molecule has 1 atom stereocenters. The molecule has 2 rings (SSSR count). The van der Waals surface area contributed by atoms with E-state index in [2.05, 4.69) is 11.9 Å². The summed E-state index contributed by atoms with van der Waals surface area (Å²) in [5.74, 6) is 0.883. The zero-order valence-corrected chi connectivity index (χ0v) is 12.9. The molecule has 0 aliphatic heterocycles. The minimum atomic E-state index is 0.286. The van der Waals surface area contributed by atoms with Crippen molar-refractivity contribution in [1.82, 2.24) is 9.38 Å². The normalized spacial score (nSPS) is 12.9. The van der Waals surface area contributed by atoms with Gasteiger partial charge in [0, 0.05) is 24.2 Å². The van der Waals surface area contributed by atoms with Gasteiger partial charge >= 0.3 is 0 Å². The third-order valence-electron chi connectivity index (χ3n) is 3.62. The molecule has 0 fully saturated rings. The molecule has 0 amide bonds. The molecule has 20 heavy (non-hydrogen) atoms. The molecule has 0 saturated carbocycles. The number of thiazole rings is 1. The predicted molar refractivity (Wildman–Crippen MR) is 83.1 cm³/mol. The summed E-state index contributed by atoms with van der Waals surface area (Å²) in [4.78, 5) is 17.5. The van der Waals surface area contributed by atoms with Gasteiger partial charge in [-0.1, -0.05) is 19.8 Å². The van der Waals surface area contributed by atoms with Gasteiger partial charge in [-0.15, -0.1) is 11.3 Å². The summed E-state index contributed by atoms with van der Waals surface area (Å²) in [5, 5.41) is 2.00. The van der Waals surface area contributed by atoms with Gasteiger partial charge in [0.05, 0.1) is 12.1 Å². The van der Waals surface area contributed by atoms with Gasteiger partial charge in [-0.3, -0.25) is 9.20 Å². The highest BCUT2D eigenvalue weighted by Crippen LogP contribution is 2.18. The molecular weight excluding hydrogens is 270 g/mol. The molecule has 2 N–H and O–H groups in total. The van der Waals surface area contributed by atoms with E-state index in [1.165, 1.54) is 6.42 Å². The average Bonchev–Trinajstić information content (AvgIpc) is 2.97. The number of hydrogen-bond acceptors (Lipinski definition) is 4. The zero-order chi connectivity index (χ0) is 14.4. The summed E-state index contributed by atoms with van der Waals surface area (Å²) in [7, 11) is 0. The Morgan fingerprint density at radius 3 is 3.00 bits per heavy atom. The molecule has 2 aromatic rings. The Bertz CT molecular complexity index is 512. The fourth-order valence-electron chi connectivity index (χ4n) is 2.59. The van der Waals surface area contributed by atoms with Crippen LogP contribution in [-0.4, -0.2) is 21.7 Å². The zero-order valence-electron chi connectivity index (χ0n) is 12.0. The van der Waals surface area contributed by atoms with Crippen LogP contribution in [0.2, 0.25) is 0 Å². The fraction of sp³-hybridized carbons (Fsp3) is 0.600. The van der Waals surface area contributed by atoms with Crippen molar-refractivity contribution in [1.29, 1.82) is 0 Å². The Morgan fingerprint density at radius 1 is 1.45 bits per heavy atom. The Balaban J connectivity index is 1.81. The third kappa shape index (κ3) is 4.15. The summed E-state index contributed by atoms with van der Waals surface area (Å²) >= 11 is 1.59. The van der Waals surface area contributed by atoms with Gasteiger partial charge in [0.2, 0.25) is 0 Å². The number of nitrogens with zero attached hydrogens (tertiary/aromatic N) is 2. The molecule has 0 aliphatic carbocycles. The second-order valence-corrected chi connectivity index (χ2v) is 6.18. The smallest absolute Gasteiger partial charge is 0.193 e. The highest BCUT2D eigenvalue weighted by Gasteiger charge is 2.12. The summed E-state index contributed by atoms with van der Waals surface area (Å²) in [6, 6.07) is 0. The molecule has 110 valence electrons. The molecular formula is C15H23N3OS. The second-order valence-electron chi connectivity index (χ2n) is 5.31. The van der Waals surface area contributed by atoms with Crippen molar-refractivity contribution in [3.63, 3.8) is 0 Å². The van der Waals surface area contributed by atoms with Gasteiger partial charge < -0.3 is 5.73 Å². The number of Topliss-reactive ketones (excluding diaryl/α,β-unsaturated/α-hetero) is 1. The van der Waals surface area contributed by atoms with E-state index < -0.39 is 0 Å². The van der Waals surface area contributed by atoms with E-state index in [1.807, 2.05) is 22.2 Å². The van der Waals surface area contributed by atoms with Crippen LogP contribution in [0.3, 0.4) is 0 Å². The number of carbonyl (C=O) groups excluding carboxylic acids is 1. The molecule has 4 nitrogen and oxygen atoms in total. The molecule has 0 bridgehead atoms. The lowest BCUT2D eigenvalue weighted by molar-refractivity contribution is -0.118. The van der Waals surface area contributed by atoms with Crippen LogP contribution in [-0.2, 0) is 11.2 Å². The standard InChI is InChI=1S/C15H23N3OS/c1-2-3-12(6-7-16)4-5-14(19)10-13-11-18-8-9-20-15(18)17-13/h8-9,11-12H,2-7,10,16H2,1H3.